The largest absolute Gasteiger partial charge is 0.492 e. The van der Waals surface area contributed by atoms with Gasteiger partial charge in [-0.15, -0.1) is 0 Å². The first-order valence-corrected chi connectivity index (χ1v) is 12.2. The quantitative estimate of drug-likeness (QED) is 0.618. The van der Waals surface area contributed by atoms with Crippen LogP contribution in [0.15, 0.2) is 41.3 Å². The fourth-order valence-electron chi connectivity index (χ4n) is 3.46. The summed E-state index contributed by atoms with van der Waals surface area (Å²) in [7, 11) is -3.79. The Labute approximate surface area is 185 Å². The number of ether oxygens (including phenoxy) is 3. The minimum absolute atomic E-state index is 0.203. The van der Waals surface area contributed by atoms with Crippen LogP contribution < -0.4 is 19.1 Å². The Morgan fingerprint density at radius 2 is 1.61 bits per heavy atom. The molecule has 1 aliphatic rings. The monoisotopic (exact) mass is 448 g/mol. The molecule has 0 radical (unpaired) electrons. The van der Waals surface area contributed by atoms with Crippen molar-refractivity contribution in [3.05, 3.63) is 42.0 Å². The van der Waals surface area contributed by atoms with E-state index in [1.54, 1.807) is 18.2 Å². The van der Waals surface area contributed by atoms with Crippen molar-refractivity contribution in [2.24, 2.45) is 0 Å². The highest BCUT2D eigenvalue weighted by Crippen LogP contribution is 2.40. The molecular weight excluding hydrogens is 416 g/mol. The van der Waals surface area contributed by atoms with E-state index in [1.165, 1.54) is 0 Å². The minimum atomic E-state index is -3.79. The summed E-state index contributed by atoms with van der Waals surface area (Å²) in [6, 6.07) is 10.5. The third kappa shape index (κ3) is 5.62. The molecule has 2 aromatic rings. The Balaban J connectivity index is 1.97. The molecule has 1 saturated heterocycles. The highest BCUT2D eigenvalue weighted by molar-refractivity contribution is 7.92. The average Bonchev–Trinajstić information content (AvgIpc) is 2.76. The molecule has 0 spiro atoms. The maximum absolute atomic E-state index is 13.1. The third-order valence-corrected chi connectivity index (χ3v) is 6.50. The molecule has 0 bridgehead atoms. The molecule has 1 heterocycles. The van der Waals surface area contributed by atoms with Gasteiger partial charge >= 0.3 is 0 Å². The molecule has 31 heavy (non-hydrogen) atoms. The Kier molecular flexibility index (Phi) is 7.67. The van der Waals surface area contributed by atoms with Crippen molar-refractivity contribution in [2.75, 3.05) is 49.1 Å². The van der Waals surface area contributed by atoms with Crippen molar-refractivity contribution in [2.45, 2.75) is 38.5 Å². The lowest BCUT2D eigenvalue weighted by Crippen LogP contribution is -2.36. The van der Waals surface area contributed by atoms with Crippen LogP contribution in [0.3, 0.4) is 0 Å². The lowest BCUT2D eigenvalue weighted by molar-refractivity contribution is 0.122. The second-order valence-electron chi connectivity index (χ2n) is 7.61. The van der Waals surface area contributed by atoms with E-state index in [4.69, 9.17) is 14.2 Å². The van der Waals surface area contributed by atoms with E-state index in [9.17, 15) is 8.42 Å². The number of nitrogens with zero attached hydrogens (tertiary/aromatic N) is 1. The zero-order valence-electron chi connectivity index (χ0n) is 18.7. The highest BCUT2D eigenvalue weighted by Gasteiger charge is 2.23. The van der Waals surface area contributed by atoms with Gasteiger partial charge in [0.15, 0.2) is 0 Å². The van der Waals surface area contributed by atoms with Crippen LogP contribution in [-0.2, 0) is 14.8 Å². The second kappa shape index (κ2) is 10.2. The molecular formula is C23H32N2O5S. The van der Waals surface area contributed by atoms with Crippen LogP contribution in [0, 0.1) is 0 Å². The third-order valence-electron chi connectivity index (χ3n) is 5.11. The maximum atomic E-state index is 13.1. The molecule has 0 aromatic heterocycles. The van der Waals surface area contributed by atoms with Gasteiger partial charge in [0.1, 0.15) is 11.5 Å². The Morgan fingerprint density at radius 1 is 1.00 bits per heavy atom. The van der Waals surface area contributed by atoms with Gasteiger partial charge in [-0.2, -0.15) is 0 Å². The lowest BCUT2D eigenvalue weighted by atomic mass is 10.0. The smallest absolute Gasteiger partial charge is 0.262 e. The van der Waals surface area contributed by atoms with Gasteiger partial charge in [-0.25, -0.2) is 8.42 Å². The summed E-state index contributed by atoms with van der Waals surface area (Å²) in [6.45, 7) is 11.5. The summed E-state index contributed by atoms with van der Waals surface area (Å²) < 4.78 is 45.9. The number of nitrogens with one attached hydrogen (secondary N) is 1. The van der Waals surface area contributed by atoms with Crippen LogP contribution >= 0.6 is 0 Å². The van der Waals surface area contributed by atoms with Gasteiger partial charge in [0.05, 0.1) is 42.7 Å². The van der Waals surface area contributed by atoms with Gasteiger partial charge in [0.2, 0.25) is 0 Å². The lowest BCUT2D eigenvalue weighted by Gasteiger charge is -2.31. The first-order chi connectivity index (χ1) is 14.9. The Bertz CT molecular complexity index is 968. The van der Waals surface area contributed by atoms with E-state index >= 15 is 0 Å². The van der Waals surface area contributed by atoms with Crippen LogP contribution in [0.1, 0.15) is 39.2 Å². The zero-order valence-corrected chi connectivity index (χ0v) is 19.5. The van der Waals surface area contributed by atoms with Gasteiger partial charge < -0.3 is 19.1 Å². The summed E-state index contributed by atoms with van der Waals surface area (Å²) in [5.41, 5.74) is 2.32. The van der Waals surface area contributed by atoms with Gasteiger partial charge in [-0.3, -0.25) is 4.72 Å². The molecule has 0 aliphatic carbocycles. The van der Waals surface area contributed by atoms with Crippen molar-refractivity contribution < 1.29 is 22.6 Å². The number of sulfonamides is 1. The van der Waals surface area contributed by atoms with E-state index in [0.717, 1.165) is 24.3 Å². The van der Waals surface area contributed by atoms with Crippen LogP contribution in [0.5, 0.6) is 11.5 Å². The average molecular weight is 449 g/mol. The van der Waals surface area contributed by atoms with Crippen LogP contribution in [0.4, 0.5) is 11.4 Å². The van der Waals surface area contributed by atoms with Crippen LogP contribution in [0.25, 0.3) is 0 Å². The molecule has 1 fully saturated rings. The zero-order chi connectivity index (χ0) is 22.4. The summed E-state index contributed by atoms with van der Waals surface area (Å²) in [4.78, 5) is 2.37. The molecule has 0 amide bonds. The SMILES string of the molecule is CCOc1cc(N2CCOCC2)c(OCC)cc1NS(=O)(=O)c1ccc(C(C)C)cc1. The van der Waals surface area contributed by atoms with Gasteiger partial charge in [0.25, 0.3) is 10.0 Å². The van der Waals surface area contributed by atoms with Crippen molar-refractivity contribution in [3.63, 3.8) is 0 Å². The minimum Gasteiger partial charge on any atom is -0.492 e. The fourth-order valence-corrected chi connectivity index (χ4v) is 4.52. The molecule has 3 rings (SSSR count). The maximum Gasteiger partial charge on any atom is 0.262 e. The number of hydrogen-bond acceptors (Lipinski definition) is 6. The number of hydrogen-bond donors (Lipinski definition) is 1. The van der Waals surface area contributed by atoms with Crippen molar-refractivity contribution in [1.82, 2.24) is 0 Å². The molecule has 2 aromatic carbocycles. The number of anilines is 2. The molecule has 1 aliphatic heterocycles. The number of benzene rings is 2. The van der Waals surface area contributed by atoms with E-state index < -0.39 is 10.0 Å². The summed E-state index contributed by atoms with van der Waals surface area (Å²) in [5, 5.41) is 0. The predicted octanol–water partition coefficient (Wildman–Crippen LogP) is 4.24. The van der Waals surface area contributed by atoms with Crippen molar-refractivity contribution >= 4 is 21.4 Å². The highest BCUT2D eigenvalue weighted by atomic mass is 32.2. The second-order valence-corrected chi connectivity index (χ2v) is 9.29. The molecule has 0 unspecified atom stereocenters. The molecule has 1 N–H and O–H groups in total. The molecule has 8 heteroatoms. The van der Waals surface area contributed by atoms with E-state index in [1.807, 2.05) is 32.0 Å². The topological polar surface area (TPSA) is 77.1 Å². The van der Waals surface area contributed by atoms with Crippen LogP contribution in [-0.4, -0.2) is 47.9 Å². The molecule has 0 atom stereocenters. The Hall–Kier alpha value is -2.45. The van der Waals surface area contributed by atoms with Gasteiger partial charge in [-0.1, -0.05) is 26.0 Å². The van der Waals surface area contributed by atoms with Crippen molar-refractivity contribution in [3.8, 4) is 11.5 Å². The summed E-state index contributed by atoms with van der Waals surface area (Å²) in [6.07, 6.45) is 0. The standard InChI is InChI=1S/C23H32N2O5S/c1-5-29-22-16-21(25-11-13-28-14-12-25)23(30-6-2)15-20(22)24-31(26,27)19-9-7-18(8-10-19)17(3)4/h7-10,15-17,24H,5-6,11-14H2,1-4H3. The first kappa shape index (κ1) is 23.2. The molecule has 0 saturated carbocycles. The molecule has 7 nitrogen and oxygen atoms in total. The summed E-state index contributed by atoms with van der Waals surface area (Å²) >= 11 is 0. The number of morpholine rings is 1. The fraction of sp³-hybridized carbons (Fsp3) is 0.478. The number of rotatable bonds is 9. The van der Waals surface area contributed by atoms with E-state index in [0.29, 0.717) is 49.5 Å². The van der Waals surface area contributed by atoms with Crippen LogP contribution in [0.2, 0.25) is 0 Å². The predicted molar refractivity (Wildman–Crippen MR) is 123 cm³/mol. The summed E-state index contributed by atoms with van der Waals surface area (Å²) in [5.74, 6) is 1.41. The van der Waals surface area contributed by atoms with E-state index in [2.05, 4.69) is 23.5 Å². The van der Waals surface area contributed by atoms with E-state index in [-0.39, 0.29) is 4.90 Å². The Morgan fingerprint density at radius 3 is 2.19 bits per heavy atom. The van der Waals surface area contributed by atoms with Gasteiger partial charge in [-0.05, 0) is 37.5 Å². The normalized spacial score (nSPS) is 14.5. The van der Waals surface area contributed by atoms with Crippen molar-refractivity contribution in [1.29, 1.82) is 0 Å². The first-order valence-electron chi connectivity index (χ1n) is 10.7. The van der Waals surface area contributed by atoms with Gasteiger partial charge in [0, 0.05) is 25.2 Å². The molecule has 170 valence electrons.